The molecule has 1 aromatic rings. The Morgan fingerprint density at radius 1 is 1.41 bits per heavy atom. The lowest BCUT2D eigenvalue weighted by Crippen LogP contribution is -2.18. The number of nitrogens with two attached hydrogens (primary N) is 1. The van der Waals surface area contributed by atoms with Crippen LogP contribution in [0.5, 0.6) is 0 Å². The zero-order chi connectivity index (χ0) is 12.0. The van der Waals surface area contributed by atoms with Crippen molar-refractivity contribution in [1.29, 1.82) is 0 Å². The summed E-state index contributed by atoms with van der Waals surface area (Å²) in [7, 11) is 0. The number of halogens is 2. The molecule has 2 fully saturated rings. The predicted molar refractivity (Wildman–Crippen MR) is 71.4 cm³/mol. The summed E-state index contributed by atoms with van der Waals surface area (Å²) in [5, 5.41) is 3.38. The molecule has 92 valence electrons. The monoisotopic (exact) mass is 298 g/mol. The highest BCUT2D eigenvalue weighted by Gasteiger charge is 2.53. The second-order valence-corrected chi connectivity index (χ2v) is 6.20. The van der Waals surface area contributed by atoms with E-state index in [1.165, 1.54) is 31.7 Å². The van der Waals surface area contributed by atoms with Crippen LogP contribution >= 0.6 is 15.9 Å². The summed E-state index contributed by atoms with van der Waals surface area (Å²) in [4.78, 5) is 0. The van der Waals surface area contributed by atoms with Crippen LogP contribution in [0.1, 0.15) is 25.7 Å². The van der Waals surface area contributed by atoms with Gasteiger partial charge in [0.25, 0.3) is 0 Å². The highest BCUT2D eigenvalue weighted by Crippen LogP contribution is 2.61. The van der Waals surface area contributed by atoms with Crippen LogP contribution in [0.3, 0.4) is 0 Å². The summed E-state index contributed by atoms with van der Waals surface area (Å²) >= 11 is 3.19. The molecule has 3 rings (SSSR count). The lowest BCUT2D eigenvalue weighted by atomic mass is 10.0. The third-order valence-corrected chi connectivity index (χ3v) is 4.67. The van der Waals surface area contributed by atoms with E-state index in [9.17, 15) is 4.39 Å². The first-order valence-electron chi connectivity index (χ1n) is 6.09. The van der Waals surface area contributed by atoms with Crippen LogP contribution in [0.4, 0.5) is 15.8 Å². The van der Waals surface area contributed by atoms with Crippen LogP contribution in [0.2, 0.25) is 0 Å². The molecular weight excluding hydrogens is 283 g/mol. The fraction of sp³-hybridized carbons (Fsp3) is 0.538. The molecule has 0 heterocycles. The molecule has 1 aromatic carbocycles. The van der Waals surface area contributed by atoms with Crippen LogP contribution in [-0.2, 0) is 0 Å². The zero-order valence-corrected chi connectivity index (χ0v) is 11.2. The molecule has 3 N–H and O–H groups in total. The van der Waals surface area contributed by atoms with Gasteiger partial charge >= 0.3 is 0 Å². The number of rotatable bonds is 4. The third-order valence-electron chi connectivity index (χ3n) is 4.06. The van der Waals surface area contributed by atoms with Crippen LogP contribution in [0, 0.1) is 17.2 Å². The Morgan fingerprint density at radius 2 is 2.12 bits per heavy atom. The predicted octanol–water partition coefficient (Wildman–Crippen LogP) is 3.77. The van der Waals surface area contributed by atoms with E-state index in [2.05, 4.69) is 21.2 Å². The van der Waals surface area contributed by atoms with E-state index >= 15 is 0 Å². The molecule has 0 aromatic heterocycles. The van der Waals surface area contributed by atoms with Crippen molar-refractivity contribution in [2.45, 2.75) is 25.7 Å². The molecule has 2 nitrogen and oxygen atoms in total. The Kier molecular flexibility index (Phi) is 2.58. The lowest BCUT2D eigenvalue weighted by Gasteiger charge is -2.17. The van der Waals surface area contributed by atoms with Gasteiger partial charge in [-0.3, -0.25) is 0 Å². The van der Waals surface area contributed by atoms with Crippen molar-refractivity contribution < 1.29 is 4.39 Å². The molecule has 0 saturated heterocycles. The Bertz CT molecular complexity index is 453. The Hall–Kier alpha value is -0.770. The van der Waals surface area contributed by atoms with Crippen molar-refractivity contribution in [3.05, 3.63) is 22.4 Å². The number of hydrogen-bond donors (Lipinski definition) is 2. The van der Waals surface area contributed by atoms with Crippen molar-refractivity contribution in [2.24, 2.45) is 11.3 Å². The van der Waals surface area contributed by atoms with Gasteiger partial charge in [0.1, 0.15) is 5.82 Å². The fourth-order valence-electron chi connectivity index (χ4n) is 2.57. The summed E-state index contributed by atoms with van der Waals surface area (Å²) in [6, 6.07) is 3.09. The van der Waals surface area contributed by atoms with E-state index in [1.54, 1.807) is 6.07 Å². The third kappa shape index (κ3) is 2.15. The first kappa shape index (κ1) is 11.3. The summed E-state index contributed by atoms with van der Waals surface area (Å²) in [5.74, 6) is 0.608. The SMILES string of the molecule is Nc1cc(F)c(Br)cc1NCC1(C2CC2)CC1. The average molecular weight is 299 g/mol. The highest BCUT2D eigenvalue weighted by atomic mass is 79.9. The number of anilines is 2. The normalized spacial score (nSPS) is 21.3. The van der Waals surface area contributed by atoms with Gasteiger partial charge < -0.3 is 11.1 Å². The first-order chi connectivity index (χ1) is 8.11. The van der Waals surface area contributed by atoms with Crippen molar-refractivity contribution >= 4 is 27.3 Å². The van der Waals surface area contributed by atoms with Crippen LogP contribution < -0.4 is 11.1 Å². The number of nitrogens with one attached hydrogen (secondary N) is 1. The second-order valence-electron chi connectivity index (χ2n) is 5.34. The molecule has 2 aliphatic rings. The minimum absolute atomic E-state index is 0.309. The largest absolute Gasteiger partial charge is 0.397 e. The minimum atomic E-state index is -0.309. The first-order valence-corrected chi connectivity index (χ1v) is 6.88. The fourth-order valence-corrected chi connectivity index (χ4v) is 2.92. The molecular formula is C13H16BrFN2. The van der Waals surface area contributed by atoms with Crippen LogP contribution in [0.25, 0.3) is 0 Å². The number of hydrogen-bond acceptors (Lipinski definition) is 2. The van der Waals surface area contributed by atoms with E-state index in [-0.39, 0.29) is 5.82 Å². The Morgan fingerprint density at radius 3 is 2.71 bits per heavy atom. The van der Waals surface area contributed by atoms with Gasteiger partial charge in [-0.1, -0.05) is 0 Å². The van der Waals surface area contributed by atoms with Crippen molar-refractivity contribution in [1.82, 2.24) is 0 Å². The number of benzene rings is 1. The van der Waals surface area contributed by atoms with E-state index in [0.29, 0.717) is 15.6 Å². The minimum Gasteiger partial charge on any atom is -0.397 e. The van der Waals surface area contributed by atoms with Crippen molar-refractivity contribution in [3.8, 4) is 0 Å². The number of nitrogen functional groups attached to an aromatic ring is 1. The smallest absolute Gasteiger partial charge is 0.139 e. The van der Waals surface area contributed by atoms with E-state index in [0.717, 1.165) is 18.2 Å². The summed E-state index contributed by atoms with van der Waals surface area (Å²) in [6.07, 6.45) is 5.41. The molecule has 0 amide bonds. The molecule has 4 heteroatoms. The quantitative estimate of drug-likeness (QED) is 0.831. The van der Waals surface area contributed by atoms with Crippen LogP contribution in [-0.4, -0.2) is 6.54 Å². The molecule has 0 unspecified atom stereocenters. The molecule has 0 aliphatic heterocycles. The zero-order valence-electron chi connectivity index (χ0n) is 9.60. The molecule has 17 heavy (non-hydrogen) atoms. The maximum atomic E-state index is 13.2. The molecule has 0 radical (unpaired) electrons. The maximum Gasteiger partial charge on any atom is 0.139 e. The summed E-state index contributed by atoms with van der Waals surface area (Å²) in [5.41, 5.74) is 7.65. The van der Waals surface area contributed by atoms with Gasteiger partial charge in [-0.15, -0.1) is 0 Å². The van der Waals surface area contributed by atoms with E-state index < -0.39 is 0 Å². The van der Waals surface area contributed by atoms with Gasteiger partial charge in [-0.2, -0.15) is 0 Å². The molecule has 0 spiro atoms. The second kappa shape index (κ2) is 3.87. The molecule has 2 aliphatic carbocycles. The van der Waals surface area contributed by atoms with Crippen LogP contribution in [0.15, 0.2) is 16.6 Å². The van der Waals surface area contributed by atoms with Gasteiger partial charge in [0.05, 0.1) is 15.8 Å². The Balaban J connectivity index is 1.70. The molecule has 0 bridgehead atoms. The van der Waals surface area contributed by atoms with Gasteiger partial charge in [0, 0.05) is 12.6 Å². The highest BCUT2D eigenvalue weighted by molar-refractivity contribution is 9.10. The molecule has 0 atom stereocenters. The summed E-state index contributed by atoms with van der Waals surface area (Å²) < 4.78 is 13.7. The van der Waals surface area contributed by atoms with Gasteiger partial charge in [-0.25, -0.2) is 4.39 Å². The van der Waals surface area contributed by atoms with Crippen molar-refractivity contribution in [2.75, 3.05) is 17.6 Å². The van der Waals surface area contributed by atoms with E-state index in [1.807, 2.05) is 0 Å². The topological polar surface area (TPSA) is 38.0 Å². The Labute approximate surface area is 109 Å². The van der Waals surface area contributed by atoms with Gasteiger partial charge in [-0.05, 0) is 59.0 Å². The lowest BCUT2D eigenvalue weighted by molar-refractivity contribution is 0.467. The maximum absolute atomic E-state index is 13.2. The van der Waals surface area contributed by atoms with E-state index in [4.69, 9.17) is 5.73 Å². The van der Waals surface area contributed by atoms with Gasteiger partial charge in [0.2, 0.25) is 0 Å². The van der Waals surface area contributed by atoms with Gasteiger partial charge in [0.15, 0.2) is 0 Å². The van der Waals surface area contributed by atoms with Crippen molar-refractivity contribution in [3.63, 3.8) is 0 Å². The standard InChI is InChI=1S/C13H16BrFN2/c14-9-5-12(11(16)6-10(9)15)17-7-13(3-4-13)8-1-2-8/h5-6,8,17H,1-4,7,16H2. The average Bonchev–Trinajstić information content (AvgIpc) is 3.14. The molecule has 2 saturated carbocycles. The summed E-state index contributed by atoms with van der Waals surface area (Å²) in [6.45, 7) is 0.972.